The van der Waals surface area contributed by atoms with E-state index in [0.717, 1.165) is 25.9 Å². The Morgan fingerprint density at radius 3 is 2.38 bits per heavy atom. The van der Waals surface area contributed by atoms with Crippen molar-refractivity contribution in [3.63, 3.8) is 0 Å². The van der Waals surface area contributed by atoms with Crippen LogP contribution in [0.5, 0.6) is 0 Å². The number of nitrogens with zero attached hydrogens (tertiary/aromatic N) is 1. The van der Waals surface area contributed by atoms with Crippen LogP contribution in [0.3, 0.4) is 0 Å². The summed E-state index contributed by atoms with van der Waals surface area (Å²) in [5, 5.41) is 12.1. The summed E-state index contributed by atoms with van der Waals surface area (Å²) in [6, 6.07) is 0.514. The maximum Gasteiger partial charge on any atom is 0.341 e. The van der Waals surface area contributed by atoms with Crippen molar-refractivity contribution in [3.8, 4) is 0 Å². The molecule has 2 N–H and O–H groups in total. The maximum absolute atomic E-state index is 13.8. The van der Waals surface area contributed by atoms with E-state index in [1.54, 1.807) is 0 Å². The van der Waals surface area contributed by atoms with Gasteiger partial charge in [0.2, 0.25) is 5.67 Å². The molecule has 16 heavy (non-hydrogen) atoms. The molecule has 2 aliphatic rings. The molecule has 0 saturated carbocycles. The summed E-state index contributed by atoms with van der Waals surface area (Å²) in [5.41, 5.74) is -1.98. The molecule has 0 aromatic carbocycles. The number of carboxylic acid groups (broad SMARTS) is 1. The lowest BCUT2D eigenvalue weighted by molar-refractivity contribution is -0.154. The van der Waals surface area contributed by atoms with Crippen LogP contribution < -0.4 is 5.32 Å². The van der Waals surface area contributed by atoms with Crippen LogP contribution in [0.25, 0.3) is 0 Å². The predicted molar refractivity (Wildman–Crippen MR) is 58.2 cm³/mol. The van der Waals surface area contributed by atoms with Crippen LogP contribution in [0, 0.1) is 0 Å². The molecule has 92 valence electrons. The van der Waals surface area contributed by atoms with E-state index in [1.807, 2.05) is 0 Å². The van der Waals surface area contributed by atoms with Gasteiger partial charge in [-0.05, 0) is 25.9 Å². The largest absolute Gasteiger partial charge is 0.479 e. The van der Waals surface area contributed by atoms with E-state index in [0.29, 0.717) is 19.1 Å². The van der Waals surface area contributed by atoms with Gasteiger partial charge in [-0.2, -0.15) is 0 Å². The molecule has 0 spiro atoms. The molecule has 0 radical (unpaired) electrons. The molecular weight excluding hydrogens is 211 g/mol. The summed E-state index contributed by atoms with van der Waals surface area (Å²) in [7, 11) is 0. The molecule has 4 nitrogen and oxygen atoms in total. The van der Waals surface area contributed by atoms with Crippen molar-refractivity contribution in [1.29, 1.82) is 0 Å². The first kappa shape index (κ1) is 11.8. The number of likely N-dealkylation sites (tertiary alicyclic amines) is 1. The third-order valence-electron chi connectivity index (χ3n) is 3.80. The highest BCUT2D eigenvalue weighted by molar-refractivity contribution is 5.77. The van der Waals surface area contributed by atoms with Crippen LogP contribution in [0.4, 0.5) is 4.39 Å². The van der Waals surface area contributed by atoms with Crippen LogP contribution >= 0.6 is 0 Å². The molecule has 0 aromatic rings. The highest BCUT2D eigenvalue weighted by Crippen LogP contribution is 2.29. The Bertz CT molecular complexity index is 259. The number of alkyl halides is 1. The van der Waals surface area contributed by atoms with Gasteiger partial charge in [0.1, 0.15) is 0 Å². The van der Waals surface area contributed by atoms with Gasteiger partial charge in [0, 0.05) is 32.0 Å². The van der Waals surface area contributed by atoms with E-state index in [4.69, 9.17) is 5.11 Å². The first-order chi connectivity index (χ1) is 7.62. The Morgan fingerprint density at radius 1 is 1.31 bits per heavy atom. The number of hydrogen-bond acceptors (Lipinski definition) is 3. The van der Waals surface area contributed by atoms with E-state index >= 15 is 0 Å². The Balaban J connectivity index is 1.87. The second-order valence-corrected chi connectivity index (χ2v) is 4.79. The molecule has 0 bridgehead atoms. The molecule has 2 fully saturated rings. The maximum atomic E-state index is 13.8. The first-order valence-electron chi connectivity index (χ1n) is 5.99. The summed E-state index contributed by atoms with van der Waals surface area (Å²) in [6.45, 7) is 3.18. The van der Waals surface area contributed by atoms with E-state index in [2.05, 4.69) is 10.2 Å². The smallest absolute Gasteiger partial charge is 0.341 e. The van der Waals surface area contributed by atoms with Crippen molar-refractivity contribution < 1.29 is 14.3 Å². The minimum atomic E-state index is -1.98. The summed E-state index contributed by atoms with van der Waals surface area (Å²) in [5.74, 6) is -1.29. The lowest BCUT2D eigenvalue weighted by Gasteiger charge is -2.40. The summed E-state index contributed by atoms with van der Waals surface area (Å²) in [4.78, 5) is 13.0. The molecule has 2 aliphatic heterocycles. The number of hydrogen-bond donors (Lipinski definition) is 2. The zero-order valence-electron chi connectivity index (χ0n) is 9.41. The minimum Gasteiger partial charge on any atom is -0.479 e. The molecule has 5 heteroatoms. The summed E-state index contributed by atoms with van der Waals surface area (Å²) >= 11 is 0. The molecule has 0 atom stereocenters. The number of rotatable bonds is 2. The van der Waals surface area contributed by atoms with Crippen LogP contribution in [-0.2, 0) is 4.79 Å². The molecule has 2 saturated heterocycles. The fourth-order valence-electron chi connectivity index (χ4n) is 2.63. The van der Waals surface area contributed by atoms with Gasteiger partial charge in [-0.3, -0.25) is 0 Å². The van der Waals surface area contributed by atoms with Gasteiger partial charge >= 0.3 is 5.97 Å². The van der Waals surface area contributed by atoms with Crippen molar-refractivity contribution in [1.82, 2.24) is 10.2 Å². The lowest BCUT2D eigenvalue weighted by atomic mass is 9.91. The number of carbonyl (C=O) groups is 1. The summed E-state index contributed by atoms with van der Waals surface area (Å²) in [6.07, 6.45) is 2.44. The van der Waals surface area contributed by atoms with Crippen molar-refractivity contribution in [2.75, 3.05) is 26.2 Å². The molecule has 2 rings (SSSR count). The third kappa shape index (κ3) is 2.35. The number of halogens is 1. The Morgan fingerprint density at radius 2 is 1.88 bits per heavy atom. The van der Waals surface area contributed by atoms with Gasteiger partial charge in [-0.25, -0.2) is 9.18 Å². The van der Waals surface area contributed by atoms with Crippen LogP contribution in [0.2, 0.25) is 0 Å². The van der Waals surface area contributed by atoms with Crippen molar-refractivity contribution in [2.24, 2.45) is 0 Å². The second kappa shape index (κ2) is 4.67. The molecule has 0 aromatic heterocycles. The lowest BCUT2D eigenvalue weighted by Crippen LogP contribution is -2.51. The van der Waals surface area contributed by atoms with Gasteiger partial charge < -0.3 is 15.3 Å². The van der Waals surface area contributed by atoms with E-state index in [1.165, 1.54) is 0 Å². The fraction of sp³-hybridized carbons (Fsp3) is 0.909. The Labute approximate surface area is 94.8 Å². The third-order valence-corrected chi connectivity index (χ3v) is 3.80. The average Bonchev–Trinajstić information content (AvgIpc) is 2.31. The minimum absolute atomic E-state index is 0.131. The highest BCUT2D eigenvalue weighted by Gasteiger charge is 2.42. The average molecular weight is 230 g/mol. The topological polar surface area (TPSA) is 52.6 Å². The molecule has 2 heterocycles. The zero-order chi connectivity index (χ0) is 11.6. The number of carboxylic acids is 1. The standard InChI is InChI=1S/C11H19FN2O2/c12-11(10(15)16)3-7-14(8-4-11)9-1-5-13-6-2-9/h9,13H,1-8H2,(H,15,16). The monoisotopic (exact) mass is 230 g/mol. The van der Waals surface area contributed by atoms with Gasteiger partial charge in [-0.15, -0.1) is 0 Å². The van der Waals surface area contributed by atoms with Gasteiger partial charge in [0.25, 0.3) is 0 Å². The summed E-state index contributed by atoms with van der Waals surface area (Å²) < 4.78 is 13.8. The van der Waals surface area contributed by atoms with Crippen molar-refractivity contribution >= 4 is 5.97 Å². The first-order valence-corrected chi connectivity index (χ1v) is 5.99. The van der Waals surface area contributed by atoms with Gasteiger partial charge in [-0.1, -0.05) is 0 Å². The van der Waals surface area contributed by atoms with E-state index in [-0.39, 0.29) is 12.8 Å². The Hall–Kier alpha value is -0.680. The van der Waals surface area contributed by atoms with Crippen LogP contribution in [-0.4, -0.2) is 53.9 Å². The van der Waals surface area contributed by atoms with Gasteiger partial charge in [0.05, 0.1) is 0 Å². The highest BCUT2D eigenvalue weighted by atomic mass is 19.1. The SMILES string of the molecule is O=C(O)C1(F)CCN(C2CCNCC2)CC1. The second-order valence-electron chi connectivity index (χ2n) is 4.79. The fourth-order valence-corrected chi connectivity index (χ4v) is 2.63. The Kier molecular flexibility index (Phi) is 3.44. The molecular formula is C11H19FN2O2. The zero-order valence-corrected chi connectivity index (χ0v) is 9.41. The normalized spacial score (nSPS) is 27.8. The van der Waals surface area contributed by atoms with Crippen molar-refractivity contribution in [2.45, 2.75) is 37.4 Å². The van der Waals surface area contributed by atoms with E-state index < -0.39 is 11.6 Å². The predicted octanol–water partition coefficient (Wildman–Crippen LogP) is 0.627. The molecule has 0 unspecified atom stereocenters. The number of piperidine rings is 2. The van der Waals surface area contributed by atoms with Crippen LogP contribution in [0.15, 0.2) is 0 Å². The molecule has 0 amide bonds. The van der Waals surface area contributed by atoms with Crippen molar-refractivity contribution in [3.05, 3.63) is 0 Å². The number of nitrogens with one attached hydrogen (secondary N) is 1. The quantitative estimate of drug-likeness (QED) is 0.730. The van der Waals surface area contributed by atoms with Gasteiger partial charge in [0.15, 0.2) is 0 Å². The van der Waals surface area contributed by atoms with Crippen LogP contribution in [0.1, 0.15) is 25.7 Å². The number of aliphatic carboxylic acids is 1. The molecule has 0 aliphatic carbocycles. The van der Waals surface area contributed by atoms with E-state index in [9.17, 15) is 9.18 Å².